The number of hydrogen-bond donors (Lipinski definition) is 1. The van der Waals surface area contributed by atoms with Crippen molar-refractivity contribution >= 4 is 11.7 Å². The summed E-state index contributed by atoms with van der Waals surface area (Å²) in [5, 5.41) is 3.06. The topological polar surface area (TPSA) is 54.9 Å². The highest BCUT2D eigenvalue weighted by Crippen LogP contribution is 2.35. The van der Waals surface area contributed by atoms with Gasteiger partial charge in [0.15, 0.2) is 5.82 Å². The largest absolute Gasteiger partial charge is 0.309 e. The molecule has 1 N–H and O–H groups in total. The number of carbonyl (C=O) groups is 1. The highest BCUT2D eigenvalue weighted by atomic mass is 16.1. The number of nitrogens with zero attached hydrogens (tertiary/aromatic N) is 2. The molecule has 1 aromatic heterocycles. The molecular weight excluding hydrogens is 370 g/mol. The second-order valence-electron chi connectivity index (χ2n) is 8.08. The van der Waals surface area contributed by atoms with Gasteiger partial charge in [-0.3, -0.25) is 4.79 Å². The Morgan fingerprint density at radius 2 is 1.63 bits per heavy atom. The van der Waals surface area contributed by atoms with Crippen molar-refractivity contribution in [3.05, 3.63) is 78.1 Å². The lowest BCUT2D eigenvalue weighted by Crippen LogP contribution is -2.18. The number of amides is 1. The maximum absolute atomic E-state index is 12.6. The van der Waals surface area contributed by atoms with E-state index in [2.05, 4.69) is 34.6 Å². The smallest absolute Gasteiger partial charge is 0.225 e. The van der Waals surface area contributed by atoms with Crippen LogP contribution in [0.4, 0.5) is 5.82 Å². The van der Waals surface area contributed by atoms with E-state index in [0.717, 1.165) is 42.6 Å². The Bertz CT molecular complexity index is 951. The van der Waals surface area contributed by atoms with E-state index in [1.807, 2.05) is 36.4 Å². The number of aromatic nitrogens is 2. The van der Waals surface area contributed by atoms with Gasteiger partial charge in [0.25, 0.3) is 0 Å². The minimum Gasteiger partial charge on any atom is -0.309 e. The number of anilines is 1. The van der Waals surface area contributed by atoms with Gasteiger partial charge in [-0.05, 0) is 31.2 Å². The maximum atomic E-state index is 12.6. The lowest BCUT2D eigenvalue weighted by Gasteiger charge is -2.23. The molecule has 0 aliphatic heterocycles. The Morgan fingerprint density at radius 3 is 2.37 bits per heavy atom. The van der Waals surface area contributed by atoms with Crippen molar-refractivity contribution in [2.24, 2.45) is 0 Å². The van der Waals surface area contributed by atoms with Gasteiger partial charge in [0.2, 0.25) is 5.91 Å². The summed E-state index contributed by atoms with van der Waals surface area (Å²) in [6.07, 6.45) is 9.94. The Labute approximate surface area is 178 Å². The lowest BCUT2D eigenvalue weighted by atomic mass is 9.86. The molecule has 0 unspecified atom stereocenters. The van der Waals surface area contributed by atoms with E-state index in [1.54, 1.807) is 6.20 Å². The number of carbonyl (C=O) groups excluding carboxylic acids is 1. The van der Waals surface area contributed by atoms with Gasteiger partial charge in [0.05, 0.1) is 17.6 Å². The van der Waals surface area contributed by atoms with Crippen LogP contribution in [0, 0.1) is 0 Å². The third-order valence-electron chi connectivity index (χ3n) is 5.83. The van der Waals surface area contributed by atoms with Crippen LogP contribution in [0.25, 0.3) is 11.3 Å². The summed E-state index contributed by atoms with van der Waals surface area (Å²) in [6.45, 7) is 0. The number of nitrogens with one attached hydrogen (secondary N) is 1. The molecule has 0 atom stereocenters. The predicted octanol–water partition coefficient (Wildman–Crippen LogP) is 6.15. The van der Waals surface area contributed by atoms with Gasteiger partial charge < -0.3 is 5.32 Å². The van der Waals surface area contributed by atoms with Crippen molar-refractivity contribution in [2.75, 3.05) is 5.32 Å². The first-order chi connectivity index (χ1) is 14.8. The quantitative estimate of drug-likeness (QED) is 0.518. The van der Waals surface area contributed by atoms with Crippen LogP contribution in [0.15, 0.2) is 66.9 Å². The summed E-state index contributed by atoms with van der Waals surface area (Å²) in [5.41, 5.74) is 4.15. The van der Waals surface area contributed by atoms with Crippen LogP contribution in [0.5, 0.6) is 0 Å². The average molecular weight is 400 g/mol. The van der Waals surface area contributed by atoms with Crippen molar-refractivity contribution in [2.45, 2.75) is 57.3 Å². The number of rotatable bonds is 7. The first kappa shape index (κ1) is 20.3. The van der Waals surface area contributed by atoms with Crippen LogP contribution in [-0.2, 0) is 11.2 Å². The standard InChI is InChI=1S/C26H29N3O/c30-24(18-10-13-20-11-4-1-5-12-20)29-26-25(22-16-8-3-9-17-22)28-23(19-27-26)21-14-6-2-7-15-21/h1-2,4-7,11-12,14-15,19,22H,3,8-10,13,16-18H2,(H,27,29,30). The van der Waals surface area contributed by atoms with Crippen molar-refractivity contribution in [3.8, 4) is 11.3 Å². The molecule has 4 heteroatoms. The van der Waals surface area contributed by atoms with Gasteiger partial charge in [0, 0.05) is 17.9 Å². The summed E-state index contributed by atoms with van der Waals surface area (Å²) in [4.78, 5) is 22.2. The van der Waals surface area contributed by atoms with Crippen LogP contribution in [0.1, 0.15) is 62.1 Å². The van der Waals surface area contributed by atoms with Crippen molar-refractivity contribution in [3.63, 3.8) is 0 Å². The SMILES string of the molecule is O=C(CCCc1ccccc1)Nc1ncc(-c2ccccc2)nc1C1CCCCC1. The molecule has 2 aromatic carbocycles. The normalized spacial score (nSPS) is 14.4. The minimum absolute atomic E-state index is 0.0183. The number of hydrogen-bond acceptors (Lipinski definition) is 3. The molecule has 0 saturated heterocycles. The molecular formula is C26H29N3O. The molecule has 3 aromatic rings. The summed E-state index contributed by atoms with van der Waals surface area (Å²) >= 11 is 0. The summed E-state index contributed by atoms with van der Waals surface area (Å²) in [6, 6.07) is 20.4. The molecule has 1 aliphatic rings. The molecule has 0 bridgehead atoms. The van der Waals surface area contributed by atoms with Crippen molar-refractivity contribution < 1.29 is 4.79 Å². The minimum atomic E-state index is 0.0183. The summed E-state index contributed by atoms with van der Waals surface area (Å²) < 4.78 is 0. The molecule has 1 amide bonds. The first-order valence-corrected chi connectivity index (χ1v) is 11.1. The van der Waals surface area contributed by atoms with Crippen LogP contribution in [0.2, 0.25) is 0 Å². The van der Waals surface area contributed by atoms with Crippen LogP contribution in [0.3, 0.4) is 0 Å². The molecule has 1 saturated carbocycles. The fourth-order valence-electron chi connectivity index (χ4n) is 4.20. The predicted molar refractivity (Wildman–Crippen MR) is 121 cm³/mol. The van der Waals surface area contributed by atoms with Gasteiger partial charge >= 0.3 is 0 Å². The molecule has 30 heavy (non-hydrogen) atoms. The highest BCUT2D eigenvalue weighted by Gasteiger charge is 2.22. The van der Waals surface area contributed by atoms with Crippen LogP contribution >= 0.6 is 0 Å². The third-order valence-corrected chi connectivity index (χ3v) is 5.83. The van der Waals surface area contributed by atoms with Gasteiger partial charge in [-0.1, -0.05) is 79.9 Å². The van der Waals surface area contributed by atoms with E-state index in [4.69, 9.17) is 4.98 Å². The van der Waals surface area contributed by atoms with Gasteiger partial charge in [-0.25, -0.2) is 9.97 Å². The Kier molecular flexibility index (Phi) is 6.86. The Hall–Kier alpha value is -3.01. The van der Waals surface area contributed by atoms with Crippen molar-refractivity contribution in [1.29, 1.82) is 0 Å². The fraction of sp³-hybridized carbons (Fsp3) is 0.346. The lowest BCUT2D eigenvalue weighted by molar-refractivity contribution is -0.116. The molecule has 1 fully saturated rings. The van der Waals surface area contributed by atoms with Gasteiger partial charge in [-0.2, -0.15) is 0 Å². The summed E-state index contributed by atoms with van der Waals surface area (Å²) in [5.74, 6) is 1.03. The van der Waals surface area contributed by atoms with E-state index >= 15 is 0 Å². The first-order valence-electron chi connectivity index (χ1n) is 11.1. The van der Waals surface area contributed by atoms with E-state index in [1.165, 1.54) is 24.8 Å². The zero-order chi connectivity index (χ0) is 20.6. The van der Waals surface area contributed by atoms with Crippen LogP contribution < -0.4 is 5.32 Å². The van der Waals surface area contributed by atoms with E-state index < -0.39 is 0 Å². The van der Waals surface area contributed by atoms with Crippen LogP contribution in [-0.4, -0.2) is 15.9 Å². The second-order valence-corrected chi connectivity index (χ2v) is 8.08. The molecule has 0 radical (unpaired) electrons. The van der Waals surface area contributed by atoms with E-state index in [0.29, 0.717) is 18.2 Å². The number of aryl methyl sites for hydroxylation is 1. The average Bonchev–Trinajstić information content (AvgIpc) is 2.81. The zero-order valence-corrected chi connectivity index (χ0v) is 17.4. The Morgan fingerprint density at radius 1 is 0.933 bits per heavy atom. The molecule has 154 valence electrons. The maximum Gasteiger partial charge on any atom is 0.225 e. The number of benzene rings is 2. The molecule has 0 spiro atoms. The molecule has 1 heterocycles. The van der Waals surface area contributed by atoms with Gasteiger partial charge in [0.1, 0.15) is 0 Å². The van der Waals surface area contributed by atoms with Gasteiger partial charge in [-0.15, -0.1) is 0 Å². The third kappa shape index (κ3) is 5.32. The van der Waals surface area contributed by atoms with E-state index in [9.17, 15) is 4.79 Å². The molecule has 4 nitrogen and oxygen atoms in total. The monoisotopic (exact) mass is 399 g/mol. The fourth-order valence-corrected chi connectivity index (χ4v) is 4.20. The summed E-state index contributed by atoms with van der Waals surface area (Å²) in [7, 11) is 0. The molecule has 4 rings (SSSR count). The zero-order valence-electron chi connectivity index (χ0n) is 17.4. The second kappa shape index (κ2) is 10.1. The van der Waals surface area contributed by atoms with E-state index in [-0.39, 0.29) is 5.91 Å². The van der Waals surface area contributed by atoms with Crippen molar-refractivity contribution in [1.82, 2.24) is 9.97 Å². The Balaban J connectivity index is 1.47. The molecule has 1 aliphatic carbocycles. The highest BCUT2D eigenvalue weighted by molar-refractivity contribution is 5.90.